The van der Waals surface area contributed by atoms with Crippen LogP contribution in [0.15, 0.2) is 18.2 Å². The lowest BCUT2D eigenvalue weighted by atomic mass is 9.97. The lowest BCUT2D eigenvalue weighted by Crippen LogP contribution is -2.42. The van der Waals surface area contributed by atoms with Crippen LogP contribution < -0.4 is 10.1 Å². The molecule has 0 saturated carbocycles. The van der Waals surface area contributed by atoms with Gasteiger partial charge >= 0.3 is 0 Å². The molecule has 1 aliphatic rings. The Hall–Kier alpha value is -0.970. The molecule has 1 aromatic rings. The van der Waals surface area contributed by atoms with Crippen molar-refractivity contribution in [2.45, 2.75) is 19.8 Å². The van der Waals surface area contributed by atoms with Crippen LogP contribution in [0.25, 0.3) is 0 Å². The lowest BCUT2D eigenvalue weighted by Gasteiger charge is -2.32. The van der Waals surface area contributed by atoms with Gasteiger partial charge in [-0.1, -0.05) is 30.1 Å². The number of carbonyl (C=O) groups is 1. The Kier molecular flexibility index (Phi) is 6.80. The molecule has 1 N–H and O–H groups in total. The van der Waals surface area contributed by atoms with Gasteiger partial charge in [0.1, 0.15) is 5.75 Å². The molecule has 1 heterocycles. The summed E-state index contributed by atoms with van der Waals surface area (Å²) in [7, 11) is 0. The van der Waals surface area contributed by atoms with E-state index >= 15 is 0 Å². The SMILES string of the molecule is CCNCC1CCN(C(=O)COc2cc(Cl)ccc2Cl)CC1. The van der Waals surface area contributed by atoms with Gasteiger partial charge in [0.25, 0.3) is 5.91 Å². The van der Waals surface area contributed by atoms with Crippen LogP contribution in [0.3, 0.4) is 0 Å². The number of carbonyl (C=O) groups excluding carboxylic acids is 1. The van der Waals surface area contributed by atoms with Gasteiger partial charge in [-0.15, -0.1) is 0 Å². The summed E-state index contributed by atoms with van der Waals surface area (Å²) in [4.78, 5) is 14.1. The van der Waals surface area contributed by atoms with E-state index < -0.39 is 0 Å². The summed E-state index contributed by atoms with van der Waals surface area (Å²) < 4.78 is 5.50. The summed E-state index contributed by atoms with van der Waals surface area (Å²) in [5, 5.41) is 4.36. The molecule has 1 saturated heterocycles. The Morgan fingerprint density at radius 3 is 2.77 bits per heavy atom. The van der Waals surface area contributed by atoms with Gasteiger partial charge in [0, 0.05) is 24.2 Å². The van der Waals surface area contributed by atoms with Gasteiger partial charge < -0.3 is 15.0 Å². The van der Waals surface area contributed by atoms with Crippen molar-refractivity contribution in [2.24, 2.45) is 5.92 Å². The number of amides is 1. The van der Waals surface area contributed by atoms with Gasteiger partial charge in [0.15, 0.2) is 6.61 Å². The summed E-state index contributed by atoms with van der Waals surface area (Å²) in [6.07, 6.45) is 2.08. The average Bonchev–Trinajstić information content (AvgIpc) is 2.54. The minimum Gasteiger partial charge on any atom is -0.482 e. The number of ether oxygens (including phenoxy) is 1. The van der Waals surface area contributed by atoms with E-state index in [2.05, 4.69) is 12.2 Å². The Balaban J connectivity index is 1.77. The van der Waals surface area contributed by atoms with Crippen molar-refractivity contribution in [3.05, 3.63) is 28.2 Å². The topological polar surface area (TPSA) is 41.6 Å². The zero-order valence-corrected chi connectivity index (χ0v) is 14.3. The zero-order chi connectivity index (χ0) is 15.9. The third kappa shape index (κ3) is 5.04. The van der Waals surface area contributed by atoms with Gasteiger partial charge in [-0.25, -0.2) is 0 Å². The second kappa shape index (κ2) is 8.61. The minimum atomic E-state index is -0.00204. The average molecular weight is 345 g/mol. The van der Waals surface area contributed by atoms with E-state index in [1.165, 1.54) is 0 Å². The van der Waals surface area contributed by atoms with E-state index in [0.29, 0.717) is 21.7 Å². The molecule has 1 amide bonds. The Bertz CT molecular complexity index is 503. The Labute approximate surface area is 141 Å². The summed E-state index contributed by atoms with van der Waals surface area (Å²) in [6.45, 7) is 5.72. The normalized spacial score (nSPS) is 15.9. The van der Waals surface area contributed by atoms with Crippen molar-refractivity contribution in [3.8, 4) is 5.75 Å². The molecule has 0 spiro atoms. The number of nitrogens with one attached hydrogen (secondary N) is 1. The molecule has 4 nitrogen and oxygen atoms in total. The van der Waals surface area contributed by atoms with Gasteiger partial charge in [-0.3, -0.25) is 4.79 Å². The summed E-state index contributed by atoms with van der Waals surface area (Å²) in [5.74, 6) is 1.11. The number of halogens is 2. The van der Waals surface area contributed by atoms with Crippen molar-refractivity contribution >= 4 is 29.1 Å². The van der Waals surface area contributed by atoms with E-state index in [1.54, 1.807) is 18.2 Å². The maximum absolute atomic E-state index is 12.2. The predicted octanol–water partition coefficient (Wildman–Crippen LogP) is 3.22. The molecule has 6 heteroatoms. The molecular formula is C16H22Cl2N2O2. The smallest absolute Gasteiger partial charge is 0.260 e. The van der Waals surface area contributed by atoms with Crippen LogP contribution in [-0.4, -0.2) is 43.6 Å². The molecule has 0 aromatic heterocycles. The van der Waals surface area contributed by atoms with Crippen molar-refractivity contribution < 1.29 is 9.53 Å². The fourth-order valence-electron chi connectivity index (χ4n) is 2.55. The van der Waals surface area contributed by atoms with E-state index in [4.69, 9.17) is 27.9 Å². The maximum Gasteiger partial charge on any atom is 0.260 e. The second-order valence-corrected chi connectivity index (χ2v) is 6.34. The van der Waals surface area contributed by atoms with Gasteiger partial charge in [-0.2, -0.15) is 0 Å². The fourth-order valence-corrected chi connectivity index (χ4v) is 2.89. The molecule has 0 unspecified atom stereocenters. The zero-order valence-electron chi connectivity index (χ0n) is 12.8. The molecule has 122 valence electrons. The van der Waals surface area contributed by atoms with E-state index in [1.807, 2.05) is 4.90 Å². The van der Waals surface area contributed by atoms with Crippen molar-refractivity contribution in [2.75, 3.05) is 32.8 Å². The Morgan fingerprint density at radius 1 is 1.36 bits per heavy atom. The van der Waals surface area contributed by atoms with Gasteiger partial charge in [0.2, 0.25) is 0 Å². The molecule has 0 bridgehead atoms. The third-order valence-corrected chi connectivity index (χ3v) is 4.44. The maximum atomic E-state index is 12.2. The fraction of sp³-hybridized carbons (Fsp3) is 0.562. The van der Waals surface area contributed by atoms with Crippen LogP contribution in [0.1, 0.15) is 19.8 Å². The standard InChI is InChI=1S/C16H22Cl2N2O2/c1-2-19-10-12-5-7-20(8-6-12)16(21)11-22-15-9-13(17)3-4-14(15)18/h3-4,9,12,19H,2,5-8,10-11H2,1H3. The van der Waals surface area contributed by atoms with Crippen LogP contribution in [0.5, 0.6) is 5.75 Å². The number of hydrogen-bond acceptors (Lipinski definition) is 3. The molecule has 2 rings (SSSR count). The third-order valence-electron chi connectivity index (χ3n) is 3.89. The number of likely N-dealkylation sites (tertiary alicyclic amines) is 1. The van der Waals surface area contributed by atoms with Crippen LogP contribution in [0, 0.1) is 5.92 Å². The first-order valence-electron chi connectivity index (χ1n) is 7.66. The van der Waals surface area contributed by atoms with Crippen LogP contribution in [0.2, 0.25) is 10.0 Å². The molecule has 1 fully saturated rings. The number of piperidine rings is 1. The molecule has 0 aliphatic carbocycles. The van der Waals surface area contributed by atoms with Gasteiger partial charge in [-0.05, 0) is 44.0 Å². The molecular weight excluding hydrogens is 323 g/mol. The molecule has 0 radical (unpaired) electrons. The highest BCUT2D eigenvalue weighted by atomic mass is 35.5. The first-order chi connectivity index (χ1) is 10.6. The van der Waals surface area contributed by atoms with Crippen molar-refractivity contribution in [1.82, 2.24) is 10.2 Å². The van der Waals surface area contributed by atoms with E-state index in [0.717, 1.165) is 39.0 Å². The number of nitrogens with zero attached hydrogens (tertiary/aromatic N) is 1. The number of benzene rings is 1. The highest BCUT2D eigenvalue weighted by Gasteiger charge is 2.22. The van der Waals surface area contributed by atoms with Crippen molar-refractivity contribution in [3.63, 3.8) is 0 Å². The number of hydrogen-bond donors (Lipinski definition) is 1. The molecule has 1 aliphatic heterocycles. The summed E-state index contributed by atoms with van der Waals surface area (Å²) in [5.41, 5.74) is 0. The lowest BCUT2D eigenvalue weighted by molar-refractivity contribution is -0.134. The van der Waals surface area contributed by atoms with E-state index in [9.17, 15) is 4.79 Å². The predicted molar refractivity (Wildman–Crippen MR) is 89.8 cm³/mol. The highest BCUT2D eigenvalue weighted by molar-refractivity contribution is 6.34. The first kappa shape index (κ1) is 17.4. The van der Waals surface area contributed by atoms with Crippen LogP contribution >= 0.6 is 23.2 Å². The largest absolute Gasteiger partial charge is 0.482 e. The number of rotatable bonds is 6. The minimum absolute atomic E-state index is 0.00190. The van der Waals surface area contributed by atoms with Crippen molar-refractivity contribution in [1.29, 1.82) is 0 Å². The molecule has 22 heavy (non-hydrogen) atoms. The second-order valence-electron chi connectivity index (χ2n) is 5.50. The van der Waals surface area contributed by atoms with Crippen LogP contribution in [-0.2, 0) is 4.79 Å². The summed E-state index contributed by atoms with van der Waals surface area (Å²) >= 11 is 11.9. The summed E-state index contributed by atoms with van der Waals surface area (Å²) in [6, 6.07) is 4.98. The monoisotopic (exact) mass is 344 g/mol. The first-order valence-corrected chi connectivity index (χ1v) is 8.42. The van der Waals surface area contributed by atoms with Crippen LogP contribution in [0.4, 0.5) is 0 Å². The molecule has 0 atom stereocenters. The Morgan fingerprint density at radius 2 is 2.09 bits per heavy atom. The quantitative estimate of drug-likeness (QED) is 0.861. The highest BCUT2D eigenvalue weighted by Crippen LogP contribution is 2.27. The van der Waals surface area contributed by atoms with Gasteiger partial charge in [0.05, 0.1) is 5.02 Å². The van der Waals surface area contributed by atoms with E-state index in [-0.39, 0.29) is 12.5 Å². The molecule has 1 aromatic carbocycles.